The zero-order valence-electron chi connectivity index (χ0n) is 11.9. The summed E-state index contributed by atoms with van der Waals surface area (Å²) in [6.45, 7) is 2.83. The van der Waals surface area contributed by atoms with Gasteiger partial charge in [-0.2, -0.15) is 0 Å². The Labute approximate surface area is 123 Å². The van der Waals surface area contributed by atoms with Crippen LogP contribution in [0, 0.1) is 17.7 Å². The first kappa shape index (κ1) is 15.5. The average molecular weight is 291 g/mol. The van der Waals surface area contributed by atoms with E-state index in [1.807, 2.05) is 6.92 Å². The molecule has 0 bridgehead atoms. The molecule has 0 unspecified atom stereocenters. The van der Waals surface area contributed by atoms with Gasteiger partial charge in [0, 0.05) is 24.3 Å². The van der Waals surface area contributed by atoms with Crippen molar-refractivity contribution in [3.8, 4) is 11.8 Å². The fourth-order valence-electron chi connectivity index (χ4n) is 2.21. The summed E-state index contributed by atoms with van der Waals surface area (Å²) in [6.07, 6.45) is 1.42. The molecule has 1 heterocycles. The van der Waals surface area contributed by atoms with E-state index in [0.29, 0.717) is 31.6 Å². The van der Waals surface area contributed by atoms with Gasteiger partial charge in [0.25, 0.3) is 5.91 Å². The SMILES string of the molecule is CC1(NC(=O)c2ccc(C#CCO)cc2F)CCOCC1. The molecule has 4 nitrogen and oxygen atoms in total. The third-order valence-corrected chi connectivity index (χ3v) is 3.54. The first-order valence-corrected chi connectivity index (χ1v) is 6.84. The van der Waals surface area contributed by atoms with Crippen LogP contribution in [0.1, 0.15) is 35.7 Å². The highest BCUT2D eigenvalue weighted by Crippen LogP contribution is 2.21. The number of aliphatic hydroxyl groups excluding tert-OH is 1. The maximum atomic E-state index is 14.0. The molecule has 0 saturated carbocycles. The highest BCUT2D eigenvalue weighted by atomic mass is 19.1. The van der Waals surface area contributed by atoms with Gasteiger partial charge in [-0.15, -0.1) is 0 Å². The van der Waals surface area contributed by atoms with Crippen LogP contribution in [-0.2, 0) is 4.74 Å². The second-order valence-electron chi connectivity index (χ2n) is 5.28. The summed E-state index contributed by atoms with van der Waals surface area (Å²) in [5.41, 5.74) is 0.0598. The highest BCUT2D eigenvalue weighted by molar-refractivity contribution is 5.95. The van der Waals surface area contributed by atoms with Crippen molar-refractivity contribution in [1.82, 2.24) is 5.32 Å². The number of ether oxygens (including phenoxy) is 1. The number of hydrogen-bond acceptors (Lipinski definition) is 3. The van der Waals surface area contributed by atoms with Gasteiger partial charge in [-0.1, -0.05) is 11.8 Å². The molecule has 2 N–H and O–H groups in total. The topological polar surface area (TPSA) is 58.6 Å². The third-order valence-electron chi connectivity index (χ3n) is 3.54. The molecule has 1 aromatic carbocycles. The molecular weight excluding hydrogens is 273 g/mol. The number of halogens is 1. The largest absolute Gasteiger partial charge is 0.384 e. The number of amides is 1. The summed E-state index contributed by atoms with van der Waals surface area (Å²) in [7, 11) is 0. The van der Waals surface area contributed by atoms with Crippen LogP contribution in [0.5, 0.6) is 0 Å². The summed E-state index contributed by atoms with van der Waals surface area (Å²) in [6, 6.07) is 4.17. The van der Waals surface area contributed by atoms with E-state index in [4.69, 9.17) is 9.84 Å². The van der Waals surface area contributed by atoms with Gasteiger partial charge in [-0.05, 0) is 38.0 Å². The lowest BCUT2D eigenvalue weighted by Crippen LogP contribution is -2.49. The van der Waals surface area contributed by atoms with Gasteiger partial charge >= 0.3 is 0 Å². The Hall–Kier alpha value is -1.90. The van der Waals surface area contributed by atoms with Crippen molar-refractivity contribution in [2.75, 3.05) is 19.8 Å². The van der Waals surface area contributed by atoms with Gasteiger partial charge in [0.2, 0.25) is 0 Å². The Kier molecular flexibility index (Phi) is 4.94. The first-order valence-electron chi connectivity index (χ1n) is 6.84. The number of hydrogen-bond donors (Lipinski definition) is 2. The molecule has 21 heavy (non-hydrogen) atoms. The third kappa shape index (κ3) is 4.03. The molecule has 0 aliphatic carbocycles. The van der Waals surface area contributed by atoms with E-state index >= 15 is 0 Å². The van der Waals surface area contributed by atoms with E-state index in [9.17, 15) is 9.18 Å². The van der Waals surface area contributed by atoms with E-state index in [0.717, 1.165) is 0 Å². The minimum atomic E-state index is -0.618. The van der Waals surface area contributed by atoms with Gasteiger partial charge < -0.3 is 15.2 Å². The zero-order chi connectivity index (χ0) is 15.3. The number of rotatable bonds is 2. The van der Waals surface area contributed by atoms with E-state index < -0.39 is 11.7 Å². The molecule has 1 saturated heterocycles. The summed E-state index contributed by atoms with van der Waals surface area (Å²) in [5, 5.41) is 11.5. The predicted octanol–water partition coefficient (Wildman–Crippen LogP) is 1.47. The molecule has 1 fully saturated rings. The van der Waals surface area contributed by atoms with Crippen molar-refractivity contribution in [3.05, 3.63) is 35.1 Å². The molecule has 2 rings (SSSR count). The summed E-state index contributed by atoms with van der Waals surface area (Å²) in [4.78, 5) is 12.2. The summed E-state index contributed by atoms with van der Waals surface area (Å²) < 4.78 is 19.3. The average Bonchev–Trinajstić information content (AvgIpc) is 2.45. The fraction of sp³-hybridized carbons (Fsp3) is 0.438. The van der Waals surface area contributed by atoms with Gasteiger partial charge in [0.15, 0.2) is 0 Å². The van der Waals surface area contributed by atoms with Crippen LogP contribution < -0.4 is 5.32 Å². The molecule has 1 aliphatic rings. The lowest BCUT2D eigenvalue weighted by molar-refractivity contribution is 0.0421. The molecule has 1 aromatic rings. The van der Waals surface area contributed by atoms with Crippen LogP contribution in [0.2, 0.25) is 0 Å². The normalized spacial score (nSPS) is 16.7. The van der Waals surface area contributed by atoms with E-state index in [-0.39, 0.29) is 17.7 Å². The standard InChI is InChI=1S/C16H18FNO3/c1-16(6-9-21-10-7-16)18-15(20)13-5-4-12(3-2-8-19)11-14(13)17/h4-5,11,19H,6-10H2,1H3,(H,18,20). The van der Waals surface area contributed by atoms with Gasteiger partial charge in [0.1, 0.15) is 12.4 Å². The smallest absolute Gasteiger partial charge is 0.254 e. The molecule has 0 aromatic heterocycles. The van der Waals surface area contributed by atoms with Crippen LogP contribution in [0.4, 0.5) is 4.39 Å². The molecule has 0 atom stereocenters. The molecule has 0 radical (unpaired) electrons. The van der Waals surface area contributed by atoms with Crippen molar-refractivity contribution in [2.24, 2.45) is 0 Å². The predicted molar refractivity (Wildman–Crippen MR) is 76.3 cm³/mol. The van der Waals surface area contributed by atoms with Crippen molar-refractivity contribution in [3.63, 3.8) is 0 Å². The number of carbonyl (C=O) groups excluding carboxylic acids is 1. The Bertz CT molecular complexity index is 583. The highest BCUT2D eigenvalue weighted by Gasteiger charge is 2.30. The summed E-state index contributed by atoms with van der Waals surface area (Å²) >= 11 is 0. The van der Waals surface area contributed by atoms with Crippen molar-refractivity contribution >= 4 is 5.91 Å². The van der Waals surface area contributed by atoms with Gasteiger partial charge in [-0.3, -0.25) is 4.79 Å². The van der Waals surface area contributed by atoms with Crippen molar-refractivity contribution < 1.29 is 19.0 Å². The second-order valence-corrected chi connectivity index (χ2v) is 5.28. The number of nitrogens with one attached hydrogen (secondary N) is 1. The van der Waals surface area contributed by atoms with Crippen LogP contribution in [0.15, 0.2) is 18.2 Å². The Morgan fingerprint density at radius 2 is 2.19 bits per heavy atom. The molecule has 1 amide bonds. The van der Waals surface area contributed by atoms with E-state index in [2.05, 4.69) is 17.2 Å². The lowest BCUT2D eigenvalue weighted by atomic mass is 9.92. The second kappa shape index (κ2) is 6.70. The maximum Gasteiger partial charge on any atom is 0.254 e. The number of aliphatic hydroxyl groups is 1. The maximum absolute atomic E-state index is 14.0. The van der Waals surface area contributed by atoms with Crippen molar-refractivity contribution in [1.29, 1.82) is 0 Å². The minimum absolute atomic E-state index is 0.00253. The Morgan fingerprint density at radius 3 is 2.81 bits per heavy atom. The van der Waals surface area contributed by atoms with Crippen LogP contribution in [-0.4, -0.2) is 36.4 Å². The molecule has 1 aliphatic heterocycles. The van der Waals surface area contributed by atoms with Crippen LogP contribution >= 0.6 is 0 Å². The van der Waals surface area contributed by atoms with Crippen LogP contribution in [0.3, 0.4) is 0 Å². The molecular formula is C16H18FNO3. The van der Waals surface area contributed by atoms with Crippen molar-refractivity contribution in [2.45, 2.75) is 25.3 Å². The zero-order valence-corrected chi connectivity index (χ0v) is 11.9. The van der Waals surface area contributed by atoms with E-state index in [1.165, 1.54) is 12.1 Å². The minimum Gasteiger partial charge on any atom is -0.384 e. The monoisotopic (exact) mass is 291 g/mol. The first-order chi connectivity index (χ1) is 10.0. The fourth-order valence-corrected chi connectivity index (χ4v) is 2.21. The van der Waals surface area contributed by atoms with Crippen LogP contribution in [0.25, 0.3) is 0 Å². The van der Waals surface area contributed by atoms with Gasteiger partial charge in [-0.25, -0.2) is 4.39 Å². The lowest BCUT2D eigenvalue weighted by Gasteiger charge is -2.34. The molecule has 0 spiro atoms. The quantitative estimate of drug-likeness (QED) is 0.811. The Morgan fingerprint density at radius 1 is 1.48 bits per heavy atom. The summed E-state index contributed by atoms with van der Waals surface area (Å²) in [5.74, 6) is 3.99. The van der Waals surface area contributed by atoms with Gasteiger partial charge in [0.05, 0.1) is 5.56 Å². The Balaban J connectivity index is 2.12. The molecule has 112 valence electrons. The van der Waals surface area contributed by atoms with E-state index in [1.54, 1.807) is 6.07 Å². The number of benzene rings is 1. The number of carbonyl (C=O) groups is 1. The molecule has 5 heteroatoms.